The summed E-state index contributed by atoms with van der Waals surface area (Å²) in [6.07, 6.45) is 1.86. The quantitative estimate of drug-likeness (QED) is 0.505. The molecule has 0 spiro atoms. The first-order chi connectivity index (χ1) is 15.4. The van der Waals surface area contributed by atoms with Gasteiger partial charge in [-0.1, -0.05) is 6.08 Å². The lowest BCUT2D eigenvalue weighted by atomic mass is 10.1. The van der Waals surface area contributed by atoms with Crippen molar-refractivity contribution < 1.29 is 23.8 Å². The van der Waals surface area contributed by atoms with Crippen molar-refractivity contribution in [3.05, 3.63) is 30.2 Å². The van der Waals surface area contributed by atoms with E-state index in [9.17, 15) is 9.59 Å². The topological polar surface area (TPSA) is 104 Å². The molecule has 0 saturated heterocycles. The zero-order valence-corrected chi connectivity index (χ0v) is 21.9. The highest BCUT2D eigenvalue weighted by atomic mass is 16.6. The number of hydrogen-bond acceptors (Lipinski definition) is 8. The minimum absolute atomic E-state index is 0.0365. The average Bonchev–Trinajstić information content (AvgIpc) is 2.59. The predicted octanol–water partition coefficient (Wildman–Crippen LogP) is 5.92. The van der Waals surface area contributed by atoms with Gasteiger partial charge in [0.05, 0.1) is 5.52 Å². The smallest absolute Gasteiger partial charge is 0.425 e. The van der Waals surface area contributed by atoms with Crippen LogP contribution >= 0.6 is 0 Å². The summed E-state index contributed by atoms with van der Waals surface area (Å²) in [5.41, 5.74) is -1.12. The molecule has 186 valence electrons. The Morgan fingerprint density at radius 3 is 1.91 bits per heavy atom. The molecule has 0 saturated carbocycles. The van der Waals surface area contributed by atoms with E-state index in [0.717, 1.165) is 10.5 Å². The van der Waals surface area contributed by atoms with Crippen molar-refractivity contribution in [1.82, 2.24) is 15.0 Å². The van der Waals surface area contributed by atoms with Gasteiger partial charge in [0.2, 0.25) is 5.88 Å². The van der Waals surface area contributed by atoms with Crippen LogP contribution in [0.3, 0.4) is 0 Å². The summed E-state index contributed by atoms with van der Waals surface area (Å²) < 4.78 is 17.2. The fourth-order valence-corrected chi connectivity index (χ4v) is 2.95. The Hall–Kier alpha value is -3.23. The van der Waals surface area contributed by atoms with Gasteiger partial charge in [-0.25, -0.2) is 19.6 Å². The maximum atomic E-state index is 13.3. The summed E-state index contributed by atoms with van der Waals surface area (Å²) in [5.74, 6) is 0.626. The van der Waals surface area contributed by atoms with Gasteiger partial charge in [0, 0.05) is 11.8 Å². The molecule has 9 nitrogen and oxygen atoms in total. The Kier molecular flexibility index (Phi) is 7.60. The summed E-state index contributed by atoms with van der Waals surface area (Å²) in [4.78, 5) is 40.8. The van der Waals surface area contributed by atoms with Gasteiger partial charge in [0.1, 0.15) is 28.0 Å². The maximum absolute atomic E-state index is 13.3. The summed E-state index contributed by atoms with van der Waals surface area (Å²) in [5, 5.41) is 0.302. The Morgan fingerprint density at radius 1 is 0.941 bits per heavy atom. The molecule has 0 unspecified atom stereocenters. The van der Waals surface area contributed by atoms with Crippen LogP contribution in [0.4, 0.5) is 15.4 Å². The minimum Gasteiger partial charge on any atom is -0.471 e. The zero-order valence-electron chi connectivity index (χ0n) is 21.9. The molecule has 9 heteroatoms. The van der Waals surface area contributed by atoms with Crippen LogP contribution in [0.25, 0.3) is 10.9 Å². The molecule has 0 radical (unpaired) electrons. The van der Waals surface area contributed by atoms with Gasteiger partial charge in [-0.3, -0.25) is 0 Å². The molecule has 34 heavy (non-hydrogen) atoms. The summed E-state index contributed by atoms with van der Waals surface area (Å²) in [6.45, 7) is 21.4. The molecule has 0 aromatic carbocycles. The second-order valence-electron chi connectivity index (χ2n) is 10.9. The highest BCUT2D eigenvalue weighted by Crippen LogP contribution is 2.36. The number of allylic oxidation sites excluding steroid dienone is 1. The van der Waals surface area contributed by atoms with E-state index in [2.05, 4.69) is 21.5 Å². The Labute approximate surface area is 201 Å². The summed E-state index contributed by atoms with van der Waals surface area (Å²) in [7, 11) is 0. The van der Waals surface area contributed by atoms with Crippen molar-refractivity contribution in [3.63, 3.8) is 0 Å². The van der Waals surface area contributed by atoms with E-state index >= 15 is 0 Å². The first-order valence-electron chi connectivity index (χ1n) is 11.1. The molecule has 0 bridgehead atoms. The van der Waals surface area contributed by atoms with E-state index in [1.165, 1.54) is 0 Å². The SMILES string of the molecule is C=CCc1cnc(N(C(=O)OC(C)(C)C)C(=O)OC(C)(C)C)c2c(OC(C)(C)C)nc(C)nc12. The number of imide groups is 1. The number of nitrogens with zero attached hydrogens (tertiary/aromatic N) is 4. The zero-order chi connectivity index (χ0) is 26.1. The van der Waals surface area contributed by atoms with Crippen molar-refractivity contribution in [2.45, 2.75) is 92.5 Å². The molecule has 0 N–H and O–H groups in total. The fourth-order valence-electron chi connectivity index (χ4n) is 2.95. The van der Waals surface area contributed by atoms with Gasteiger partial charge in [0.15, 0.2) is 5.82 Å². The van der Waals surface area contributed by atoms with Crippen LogP contribution in [0.2, 0.25) is 0 Å². The van der Waals surface area contributed by atoms with E-state index in [0.29, 0.717) is 23.1 Å². The molecule has 0 fully saturated rings. The van der Waals surface area contributed by atoms with Gasteiger partial charge >= 0.3 is 12.2 Å². The van der Waals surface area contributed by atoms with Crippen LogP contribution < -0.4 is 9.64 Å². The maximum Gasteiger partial charge on any atom is 0.425 e. The Balaban J connectivity index is 2.90. The fraction of sp³-hybridized carbons (Fsp3) is 0.560. The third-order valence-electron chi connectivity index (χ3n) is 3.99. The molecule has 2 rings (SSSR count). The molecule has 0 aliphatic heterocycles. The second kappa shape index (κ2) is 9.56. The lowest BCUT2D eigenvalue weighted by Gasteiger charge is -2.29. The lowest BCUT2D eigenvalue weighted by Crippen LogP contribution is -2.44. The average molecular weight is 473 g/mol. The predicted molar refractivity (Wildman–Crippen MR) is 131 cm³/mol. The number of aromatic nitrogens is 3. The number of anilines is 1. The van der Waals surface area contributed by atoms with Gasteiger partial charge in [-0.05, 0) is 75.7 Å². The Morgan fingerprint density at radius 2 is 1.47 bits per heavy atom. The third kappa shape index (κ3) is 7.13. The van der Waals surface area contributed by atoms with Crippen LogP contribution in [0.15, 0.2) is 18.9 Å². The number of amides is 2. The van der Waals surface area contributed by atoms with Gasteiger partial charge in [-0.15, -0.1) is 6.58 Å². The number of pyridine rings is 1. The first-order valence-corrected chi connectivity index (χ1v) is 11.1. The lowest BCUT2D eigenvalue weighted by molar-refractivity contribution is 0.0429. The van der Waals surface area contributed by atoms with Crippen molar-refractivity contribution >= 4 is 28.9 Å². The standard InChI is InChI=1S/C25H36N4O5/c1-12-13-16-14-26-19(17-18(16)27-15(2)28-20(17)32-23(3,4)5)29(21(30)33-24(6,7)8)22(31)34-25(9,10)11/h12,14H,1,13H2,2-11H3. The first kappa shape index (κ1) is 27.0. The van der Waals surface area contributed by atoms with E-state index < -0.39 is 29.0 Å². The van der Waals surface area contributed by atoms with Crippen LogP contribution in [-0.4, -0.2) is 43.9 Å². The number of hydrogen-bond donors (Lipinski definition) is 0. The normalized spacial score (nSPS) is 12.3. The van der Waals surface area contributed by atoms with E-state index in [1.54, 1.807) is 60.7 Å². The van der Waals surface area contributed by atoms with Crippen molar-refractivity contribution in [1.29, 1.82) is 0 Å². The summed E-state index contributed by atoms with van der Waals surface area (Å²) in [6, 6.07) is 0. The molecular weight excluding hydrogens is 436 g/mol. The van der Waals surface area contributed by atoms with Crippen LogP contribution in [0.5, 0.6) is 5.88 Å². The second-order valence-corrected chi connectivity index (χ2v) is 10.9. The highest BCUT2D eigenvalue weighted by Gasteiger charge is 2.36. The number of fused-ring (bicyclic) bond motifs is 1. The van der Waals surface area contributed by atoms with Crippen molar-refractivity contribution in [2.75, 3.05) is 4.90 Å². The van der Waals surface area contributed by atoms with Crippen LogP contribution in [0, 0.1) is 6.92 Å². The highest BCUT2D eigenvalue weighted by molar-refractivity contribution is 6.14. The number of rotatable bonds is 4. The van der Waals surface area contributed by atoms with Crippen molar-refractivity contribution in [3.8, 4) is 5.88 Å². The van der Waals surface area contributed by atoms with Gasteiger partial charge in [-0.2, -0.15) is 9.88 Å². The summed E-state index contributed by atoms with van der Waals surface area (Å²) >= 11 is 0. The number of ether oxygens (including phenoxy) is 3. The van der Waals surface area contributed by atoms with Crippen LogP contribution in [-0.2, 0) is 15.9 Å². The number of carbonyl (C=O) groups excluding carboxylic acids is 2. The minimum atomic E-state index is -0.936. The van der Waals surface area contributed by atoms with E-state index in [4.69, 9.17) is 14.2 Å². The molecule has 0 aliphatic carbocycles. The van der Waals surface area contributed by atoms with Crippen molar-refractivity contribution in [2.24, 2.45) is 0 Å². The monoisotopic (exact) mass is 472 g/mol. The molecular formula is C25H36N4O5. The molecule has 2 heterocycles. The molecule has 2 aromatic heterocycles. The van der Waals surface area contributed by atoms with E-state index in [1.807, 2.05) is 20.8 Å². The van der Waals surface area contributed by atoms with E-state index in [-0.39, 0.29) is 11.7 Å². The van der Waals surface area contributed by atoms with Crippen LogP contribution in [0.1, 0.15) is 73.7 Å². The van der Waals surface area contributed by atoms with Gasteiger partial charge in [0.25, 0.3) is 0 Å². The molecule has 0 atom stereocenters. The Bertz CT molecular complexity index is 1060. The third-order valence-corrected chi connectivity index (χ3v) is 3.99. The molecule has 2 amide bonds. The molecule has 0 aliphatic rings. The number of aryl methyl sites for hydroxylation is 1. The largest absolute Gasteiger partial charge is 0.471 e. The molecule has 2 aromatic rings. The number of carbonyl (C=O) groups is 2. The van der Waals surface area contributed by atoms with Gasteiger partial charge < -0.3 is 14.2 Å².